The van der Waals surface area contributed by atoms with Crippen LogP contribution in [0.5, 0.6) is 0 Å². The first-order valence-corrected chi connectivity index (χ1v) is 7.96. The predicted octanol–water partition coefficient (Wildman–Crippen LogP) is 2.21. The third kappa shape index (κ3) is 4.54. The molecule has 2 N–H and O–H groups in total. The fourth-order valence-electron chi connectivity index (χ4n) is 2.12. The van der Waals surface area contributed by atoms with Crippen molar-refractivity contribution in [1.82, 2.24) is 4.72 Å². The second-order valence-electron chi connectivity index (χ2n) is 5.90. The van der Waals surface area contributed by atoms with E-state index in [9.17, 15) is 17.9 Å². The first-order chi connectivity index (χ1) is 9.05. The van der Waals surface area contributed by atoms with E-state index in [4.69, 9.17) is 0 Å². The molecule has 0 amide bonds. The van der Waals surface area contributed by atoms with Crippen molar-refractivity contribution in [2.24, 2.45) is 5.41 Å². The highest BCUT2D eigenvalue weighted by Gasteiger charge is 2.25. The first-order valence-electron chi connectivity index (χ1n) is 6.48. The van der Waals surface area contributed by atoms with Gasteiger partial charge in [0.15, 0.2) is 0 Å². The molecule has 1 atom stereocenters. The zero-order valence-corrected chi connectivity index (χ0v) is 13.1. The van der Waals surface area contributed by atoms with E-state index in [0.717, 1.165) is 0 Å². The summed E-state index contributed by atoms with van der Waals surface area (Å²) in [6.45, 7) is 7.00. The van der Waals surface area contributed by atoms with E-state index in [2.05, 4.69) is 4.72 Å². The lowest BCUT2D eigenvalue weighted by Crippen LogP contribution is -2.36. The number of sulfonamides is 1. The summed E-state index contributed by atoms with van der Waals surface area (Å²) in [5.41, 5.74) is -0.282. The van der Waals surface area contributed by atoms with Gasteiger partial charge in [-0.15, -0.1) is 0 Å². The zero-order valence-electron chi connectivity index (χ0n) is 12.3. The molecular formula is C14H22FNO3S. The van der Waals surface area contributed by atoms with E-state index < -0.39 is 21.9 Å². The van der Waals surface area contributed by atoms with Gasteiger partial charge in [-0.05, 0) is 37.8 Å². The maximum Gasteiger partial charge on any atom is 0.240 e. The number of halogens is 1. The third-order valence-corrected chi connectivity index (χ3v) is 4.64. The van der Waals surface area contributed by atoms with Crippen molar-refractivity contribution in [3.05, 3.63) is 29.6 Å². The molecule has 0 aliphatic carbocycles. The van der Waals surface area contributed by atoms with Gasteiger partial charge in [-0.3, -0.25) is 0 Å². The van der Waals surface area contributed by atoms with Crippen LogP contribution in [-0.2, 0) is 10.0 Å². The molecule has 0 aromatic heterocycles. The summed E-state index contributed by atoms with van der Waals surface area (Å²) in [6, 6.07) is 3.98. The molecule has 1 aromatic rings. The number of hydrogen-bond acceptors (Lipinski definition) is 3. The maximum atomic E-state index is 13.4. The van der Waals surface area contributed by atoms with Crippen molar-refractivity contribution in [3.63, 3.8) is 0 Å². The molecule has 1 rings (SSSR count). The Kier molecular flexibility index (Phi) is 5.29. The molecule has 0 aliphatic heterocycles. The van der Waals surface area contributed by atoms with Gasteiger partial charge >= 0.3 is 0 Å². The highest BCUT2D eigenvalue weighted by molar-refractivity contribution is 7.89. The van der Waals surface area contributed by atoms with Crippen molar-refractivity contribution in [1.29, 1.82) is 0 Å². The van der Waals surface area contributed by atoms with Gasteiger partial charge in [-0.1, -0.05) is 19.9 Å². The van der Waals surface area contributed by atoms with Crippen LogP contribution in [0, 0.1) is 18.2 Å². The molecular weight excluding hydrogens is 281 g/mol. The average Bonchev–Trinajstić information content (AvgIpc) is 2.29. The molecule has 0 aliphatic rings. The number of aliphatic hydroxyl groups excluding tert-OH is 1. The van der Waals surface area contributed by atoms with Crippen LogP contribution in [0.1, 0.15) is 32.8 Å². The zero-order chi connectivity index (χ0) is 15.6. The van der Waals surface area contributed by atoms with Crippen LogP contribution in [0.4, 0.5) is 4.39 Å². The smallest absolute Gasteiger partial charge is 0.240 e. The van der Waals surface area contributed by atoms with Crippen molar-refractivity contribution < 1.29 is 17.9 Å². The topological polar surface area (TPSA) is 66.4 Å². The van der Waals surface area contributed by atoms with E-state index in [0.29, 0.717) is 6.42 Å². The summed E-state index contributed by atoms with van der Waals surface area (Å²) in [5.74, 6) is -0.545. The largest absolute Gasteiger partial charge is 0.393 e. The normalized spacial score (nSPS) is 14.3. The predicted molar refractivity (Wildman–Crippen MR) is 76.4 cm³/mol. The van der Waals surface area contributed by atoms with Gasteiger partial charge in [-0.2, -0.15) is 0 Å². The summed E-state index contributed by atoms with van der Waals surface area (Å²) in [6.07, 6.45) is -0.0390. The summed E-state index contributed by atoms with van der Waals surface area (Å²) < 4.78 is 40.3. The Morgan fingerprint density at radius 1 is 1.40 bits per heavy atom. The van der Waals surface area contributed by atoms with Gasteiger partial charge in [0.1, 0.15) is 5.82 Å². The van der Waals surface area contributed by atoms with Crippen LogP contribution in [0.15, 0.2) is 23.1 Å². The SMILES string of the molecule is Cc1c(F)cccc1S(=O)(=O)NCC(C)(C)CC(C)O. The number of benzene rings is 1. The van der Waals surface area contributed by atoms with Gasteiger partial charge in [0, 0.05) is 12.1 Å². The Morgan fingerprint density at radius 2 is 2.00 bits per heavy atom. The van der Waals surface area contributed by atoms with Crippen molar-refractivity contribution in [2.75, 3.05) is 6.54 Å². The molecule has 0 radical (unpaired) electrons. The molecule has 1 unspecified atom stereocenters. The van der Waals surface area contributed by atoms with Crippen LogP contribution in [-0.4, -0.2) is 26.2 Å². The van der Waals surface area contributed by atoms with Crippen LogP contribution < -0.4 is 4.72 Å². The van der Waals surface area contributed by atoms with E-state index in [1.807, 2.05) is 13.8 Å². The lowest BCUT2D eigenvalue weighted by Gasteiger charge is -2.26. The van der Waals surface area contributed by atoms with Gasteiger partial charge in [0.25, 0.3) is 0 Å². The standard InChI is InChI=1S/C14H22FNO3S/c1-10(17)8-14(3,4)9-16-20(18,19)13-7-5-6-12(15)11(13)2/h5-7,10,16-17H,8-9H2,1-4H3. The van der Waals surface area contributed by atoms with Gasteiger partial charge in [0.2, 0.25) is 10.0 Å². The maximum absolute atomic E-state index is 13.4. The fraction of sp³-hybridized carbons (Fsp3) is 0.571. The minimum Gasteiger partial charge on any atom is -0.393 e. The molecule has 114 valence electrons. The highest BCUT2D eigenvalue weighted by atomic mass is 32.2. The molecule has 0 spiro atoms. The van der Waals surface area contributed by atoms with E-state index in [1.54, 1.807) is 6.92 Å². The van der Waals surface area contributed by atoms with E-state index in [-0.39, 0.29) is 22.4 Å². The Bertz CT molecular complexity index is 568. The molecule has 0 saturated carbocycles. The average molecular weight is 303 g/mol. The Hall–Kier alpha value is -0.980. The molecule has 0 saturated heterocycles. The Balaban J connectivity index is 2.89. The minimum atomic E-state index is -3.75. The molecule has 4 nitrogen and oxygen atoms in total. The van der Waals surface area contributed by atoms with Crippen molar-refractivity contribution >= 4 is 10.0 Å². The van der Waals surface area contributed by atoms with Crippen molar-refractivity contribution in [2.45, 2.75) is 45.1 Å². The summed E-state index contributed by atoms with van der Waals surface area (Å²) in [7, 11) is -3.75. The second-order valence-corrected chi connectivity index (χ2v) is 7.64. The van der Waals surface area contributed by atoms with Crippen molar-refractivity contribution in [3.8, 4) is 0 Å². The van der Waals surface area contributed by atoms with Crippen LogP contribution in [0.25, 0.3) is 0 Å². The van der Waals surface area contributed by atoms with E-state index >= 15 is 0 Å². The van der Waals surface area contributed by atoms with Gasteiger partial charge in [-0.25, -0.2) is 17.5 Å². The first kappa shape index (κ1) is 17.1. The highest BCUT2D eigenvalue weighted by Crippen LogP contribution is 2.23. The molecule has 1 aromatic carbocycles. The summed E-state index contributed by atoms with van der Waals surface area (Å²) in [5, 5.41) is 9.39. The molecule has 0 heterocycles. The minimum absolute atomic E-state index is 0.0506. The summed E-state index contributed by atoms with van der Waals surface area (Å²) in [4.78, 5) is -0.0506. The second kappa shape index (κ2) is 6.20. The number of rotatable bonds is 6. The van der Waals surface area contributed by atoms with Gasteiger partial charge in [0.05, 0.1) is 11.0 Å². The number of hydrogen-bond donors (Lipinski definition) is 2. The monoisotopic (exact) mass is 303 g/mol. The number of aliphatic hydroxyl groups is 1. The molecule has 6 heteroatoms. The lowest BCUT2D eigenvalue weighted by molar-refractivity contribution is 0.131. The quantitative estimate of drug-likeness (QED) is 0.847. The molecule has 20 heavy (non-hydrogen) atoms. The van der Waals surface area contributed by atoms with Crippen LogP contribution >= 0.6 is 0 Å². The Morgan fingerprint density at radius 3 is 2.55 bits per heavy atom. The van der Waals surface area contributed by atoms with Crippen LogP contribution in [0.3, 0.4) is 0 Å². The molecule has 0 fully saturated rings. The Labute approximate surface area is 120 Å². The molecule has 0 bridgehead atoms. The summed E-state index contributed by atoms with van der Waals surface area (Å²) >= 11 is 0. The lowest BCUT2D eigenvalue weighted by atomic mass is 9.87. The number of nitrogens with one attached hydrogen (secondary N) is 1. The van der Waals surface area contributed by atoms with E-state index in [1.165, 1.54) is 25.1 Å². The van der Waals surface area contributed by atoms with Crippen LogP contribution in [0.2, 0.25) is 0 Å². The fourth-order valence-corrected chi connectivity index (χ4v) is 3.61. The third-order valence-electron chi connectivity index (χ3n) is 3.10. The van der Waals surface area contributed by atoms with Gasteiger partial charge < -0.3 is 5.11 Å².